The molecule has 0 spiro atoms. The van der Waals surface area contributed by atoms with Gasteiger partial charge in [0.25, 0.3) is 12.1 Å². The molecule has 4 atom stereocenters. The number of carbonyl (C=O) groups is 2. The number of carboxylic acid groups (broad SMARTS) is 1. The number of nitrogens with one attached hydrogen (secondary N) is 1. The van der Waals surface area contributed by atoms with E-state index in [1.165, 1.54) is 35.0 Å². The average molecular weight is 375 g/mol. The molecule has 3 rings (SSSR count). The van der Waals surface area contributed by atoms with Crippen molar-refractivity contribution < 1.29 is 39.3 Å². The van der Waals surface area contributed by atoms with E-state index in [2.05, 4.69) is 5.32 Å². The zero-order chi connectivity index (χ0) is 19.6. The number of ether oxygens (including phenoxy) is 1. The van der Waals surface area contributed by atoms with Crippen molar-refractivity contribution in [3.63, 3.8) is 0 Å². The summed E-state index contributed by atoms with van der Waals surface area (Å²) in [6.07, 6.45) is -1.34. The Morgan fingerprint density at radius 1 is 1.07 bits per heavy atom. The van der Waals surface area contributed by atoms with Gasteiger partial charge in [0, 0.05) is 11.8 Å². The molecule has 142 valence electrons. The van der Waals surface area contributed by atoms with Crippen LogP contribution in [0.5, 0.6) is 0 Å². The summed E-state index contributed by atoms with van der Waals surface area (Å²) in [4.78, 5) is 23.3. The molecule has 0 unspecified atom stereocenters. The van der Waals surface area contributed by atoms with Crippen LogP contribution in [-0.4, -0.2) is 57.2 Å². The van der Waals surface area contributed by atoms with Crippen molar-refractivity contribution in [1.82, 2.24) is 0 Å². The number of aromatic nitrogens is 1. The van der Waals surface area contributed by atoms with Crippen LogP contribution in [-0.2, 0) is 4.74 Å². The van der Waals surface area contributed by atoms with E-state index >= 15 is 0 Å². The van der Waals surface area contributed by atoms with E-state index in [0.717, 1.165) is 0 Å². The lowest BCUT2D eigenvalue weighted by molar-refractivity contribution is -0.765. The molecule has 1 aliphatic rings. The highest BCUT2D eigenvalue weighted by molar-refractivity contribution is 6.04. The number of benzene rings is 1. The van der Waals surface area contributed by atoms with Gasteiger partial charge in [0.2, 0.25) is 0 Å². The molecule has 0 aliphatic carbocycles. The maximum absolute atomic E-state index is 12.4. The van der Waals surface area contributed by atoms with Gasteiger partial charge in [0.05, 0.1) is 12.2 Å². The van der Waals surface area contributed by atoms with Crippen LogP contribution in [0, 0.1) is 0 Å². The largest absolute Gasteiger partial charge is 0.478 e. The minimum atomic E-state index is -1.26. The monoisotopic (exact) mass is 375 g/mol. The third-order valence-electron chi connectivity index (χ3n) is 4.29. The number of amides is 1. The molecule has 2 aromatic rings. The van der Waals surface area contributed by atoms with E-state index in [1.807, 2.05) is 0 Å². The van der Waals surface area contributed by atoms with Crippen LogP contribution < -0.4 is 9.88 Å². The summed E-state index contributed by atoms with van der Waals surface area (Å²) in [5.74, 6) is -1.50. The Morgan fingerprint density at radius 2 is 1.78 bits per heavy atom. The number of carboxylic acids is 1. The zero-order valence-corrected chi connectivity index (χ0v) is 14.1. The van der Waals surface area contributed by atoms with Gasteiger partial charge in [-0.25, -0.2) is 4.79 Å². The second-order valence-electron chi connectivity index (χ2n) is 6.11. The van der Waals surface area contributed by atoms with Gasteiger partial charge in [-0.05, 0) is 30.3 Å². The van der Waals surface area contributed by atoms with Gasteiger partial charge in [0.15, 0.2) is 18.5 Å². The normalized spacial score (nSPS) is 24.6. The Balaban J connectivity index is 1.75. The Labute approximate surface area is 154 Å². The summed E-state index contributed by atoms with van der Waals surface area (Å²) >= 11 is 0. The number of carbonyl (C=O) groups excluding carboxylic acids is 1. The number of pyridine rings is 1. The summed E-state index contributed by atoms with van der Waals surface area (Å²) < 4.78 is 6.87. The molecule has 1 aromatic heterocycles. The third kappa shape index (κ3) is 3.96. The molecule has 1 fully saturated rings. The standard InChI is InChI=1S/C18H18N2O7/c21-9-13-14(22)15(23)17(27-13)20-7-1-2-11(8-20)16(24)19-12-5-3-10(4-6-12)18(25)26/h1-8,13-15,17,21-23H,9H2,(H-,19,24,25,26)/p+1/t13-,14-,15-,17-/m1/s1. The summed E-state index contributed by atoms with van der Waals surface area (Å²) in [5.41, 5.74) is 0.792. The molecule has 5 N–H and O–H groups in total. The highest BCUT2D eigenvalue weighted by Crippen LogP contribution is 2.25. The maximum atomic E-state index is 12.4. The molecule has 1 aliphatic heterocycles. The smallest absolute Gasteiger partial charge is 0.335 e. The number of aromatic carboxylic acids is 1. The van der Waals surface area contributed by atoms with E-state index in [1.54, 1.807) is 18.3 Å². The van der Waals surface area contributed by atoms with Crippen molar-refractivity contribution in [1.29, 1.82) is 0 Å². The fourth-order valence-electron chi connectivity index (χ4n) is 2.81. The maximum Gasteiger partial charge on any atom is 0.335 e. The first-order valence-electron chi connectivity index (χ1n) is 8.18. The van der Waals surface area contributed by atoms with Gasteiger partial charge >= 0.3 is 5.97 Å². The number of nitrogens with zero attached hydrogens (tertiary/aromatic N) is 1. The third-order valence-corrected chi connectivity index (χ3v) is 4.29. The number of anilines is 1. The molecular formula is C18H19N2O7+. The Hall–Kier alpha value is -2.85. The van der Waals surface area contributed by atoms with Gasteiger partial charge in [-0.2, -0.15) is 4.57 Å². The van der Waals surface area contributed by atoms with Crippen LogP contribution in [0.15, 0.2) is 48.8 Å². The lowest BCUT2D eigenvalue weighted by Crippen LogP contribution is -2.46. The molecule has 0 saturated carbocycles. The van der Waals surface area contributed by atoms with Crippen LogP contribution in [0.1, 0.15) is 26.9 Å². The Kier molecular flexibility index (Phi) is 5.47. The van der Waals surface area contributed by atoms with E-state index in [-0.39, 0.29) is 11.1 Å². The summed E-state index contributed by atoms with van der Waals surface area (Å²) in [7, 11) is 0. The van der Waals surface area contributed by atoms with Crippen molar-refractivity contribution in [2.75, 3.05) is 11.9 Å². The number of hydrogen-bond donors (Lipinski definition) is 5. The predicted molar refractivity (Wildman–Crippen MR) is 91.0 cm³/mol. The average Bonchev–Trinajstić information content (AvgIpc) is 2.97. The van der Waals surface area contributed by atoms with Crippen LogP contribution >= 0.6 is 0 Å². The number of aliphatic hydroxyl groups excluding tert-OH is 3. The summed E-state index contributed by atoms with van der Waals surface area (Å²) in [6.45, 7) is -0.443. The van der Waals surface area contributed by atoms with Gasteiger partial charge in [-0.15, -0.1) is 0 Å². The van der Waals surface area contributed by atoms with Crippen molar-refractivity contribution >= 4 is 17.6 Å². The highest BCUT2D eigenvalue weighted by Gasteiger charge is 2.48. The van der Waals surface area contributed by atoms with Crippen LogP contribution in [0.3, 0.4) is 0 Å². The SMILES string of the molecule is O=C(O)c1ccc(NC(=O)c2ccc[n+]([C@@H]3O[C@H](CO)[C@@H](O)[C@H]3O)c2)cc1. The van der Waals surface area contributed by atoms with E-state index in [9.17, 15) is 24.9 Å². The van der Waals surface area contributed by atoms with Gasteiger partial charge in [0.1, 0.15) is 17.8 Å². The zero-order valence-electron chi connectivity index (χ0n) is 14.1. The lowest BCUT2D eigenvalue weighted by Gasteiger charge is -2.10. The molecule has 9 heteroatoms. The van der Waals surface area contributed by atoms with Crippen LogP contribution in [0.2, 0.25) is 0 Å². The van der Waals surface area contributed by atoms with E-state index in [4.69, 9.17) is 9.84 Å². The van der Waals surface area contributed by atoms with Gasteiger partial charge in [-0.3, -0.25) is 4.79 Å². The van der Waals surface area contributed by atoms with Crippen LogP contribution in [0.25, 0.3) is 0 Å². The molecular weight excluding hydrogens is 356 g/mol. The molecule has 9 nitrogen and oxygen atoms in total. The predicted octanol–water partition coefficient (Wildman–Crippen LogP) is -0.464. The first-order valence-corrected chi connectivity index (χ1v) is 8.18. The van der Waals surface area contributed by atoms with Crippen molar-refractivity contribution in [3.8, 4) is 0 Å². The van der Waals surface area contributed by atoms with Crippen molar-refractivity contribution in [2.24, 2.45) is 0 Å². The van der Waals surface area contributed by atoms with Gasteiger partial charge < -0.3 is 30.5 Å². The van der Waals surface area contributed by atoms with E-state index in [0.29, 0.717) is 5.69 Å². The molecule has 0 bridgehead atoms. The van der Waals surface area contributed by atoms with Crippen molar-refractivity contribution in [2.45, 2.75) is 24.5 Å². The fourth-order valence-corrected chi connectivity index (χ4v) is 2.81. The second-order valence-corrected chi connectivity index (χ2v) is 6.11. The first-order chi connectivity index (χ1) is 12.9. The van der Waals surface area contributed by atoms with Gasteiger partial charge in [-0.1, -0.05) is 0 Å². The lowest BCUT2D eigenvalue weighted by atomic mass is 10.1. The summed E-state index contributed by atoms with van der Waals surface area (Å²) in [5, 5.41) is 40.7. The van der Waals surface area contributed by atoms with Crippen LogP contribution in [0.4, 0.5) is 5.69 Å². The highest BCUT2D eigenvalue weighted by atomic mass is 16.6. The van der Waals surface area contributed by atoms with E-state index < -0.39 is 43.0 Å². The summed E-state index contributed by atoms with van der Waals surface area (Å²) in [6, 6.07) is 8.84. The number of rotatable bonds is 5. The second kappa shape index (κ2) is 7.80. The molecule has 27 heavy (non-hydrogen) atoms. The molecule has 0 radical (unpaired) electrons. The number of aliphatic hydroxyl groups is 3. The first kappa shape index (κ1) is 18.9. The fraction of sp³-hybridized carbons (Fsp3) is 0.278. The molecule has 1 aromatic carbocycles. The molecule has 1 saturated heterocycles. The molecule has 1 amide bonds. The number of hydrogen-bond acceptors (Lipinski definition) is 6. The minimum absolute atomic E-state index is 0.106. The van der Waals surface area contributed by atoms with Crippen molar-refractivity contribution in [3.05, 3.63) is 59.9 Å². The Bertz CT molecular complexity index is 840. The quantitative estimate of drug-likeness (QED) is 0.445. The topological polar surface area (TPSA) is 140 Å². The Morgan fingerprint density at radius 3 is 2.37 bits per heavy atom. The molecule has 2 heterocycles. The minimum Gasteiger partial charge on any atom is -0.478 e.